The van der Waals surface area contributed by atoms with E-state index in [0.717, 1.165) is 0 Å². The van der Waals surface area contributed by atoms with Gasteiger partial charge >= 0.3 is 0 Å². The number of ether oxygens (including phenoxy) is 1. The average Bonchev–Trinajstić information content (AvgIpc) is 2.98. The molecule has 0 amide bonds. The fourth-order valence-corrected chi connectivity index (χ4v) is 3.07. The first-order chi connectivity index (χ1) is 13.0. The van der Waals surface area contributed by atoms with Crippen LogP contribution in [0.4, 0.5) is 8.78 Å². The van der Waals surface area contributed by atoms with Crippen LogP contribution in [0.25, 0.3) is 16.6 Å². The van der Waals surface area contributed by atoms with Gasteiger partial charge in [-0.05, 0) is 18.1 Å². The quantitative estimate of drug-likeness (QED) is 0.440. The monoisotopic (exact) mass is 437 g/mol. The summed E-state index contributed by atoms with van der Waals surface area (Å²) in [6.45, 7) is 4.21. The van der Waals surface area contributed by atoms with Gasteiger partial charge in [-0.2, -0.15) is 0 Å². The van der Waals surface area contributed by atoms with Gasteiger partial charge in [-0.15, -0.1) is 15.7 Å². The maximum atomic E-state index is 14.5. The molecule has 0 saturated carbocycles. The summed E-state index contributed by atoms with van der Waals surface area (Å²) >= 11 is 0. The Balaban J connectivity index is 2.02. The summed E-state index contributed by atoms with van der Waals surface area (Å²) < 4.78 is 36.0. The number of hydrogen-bond donors (Lipinski definition) is 0. The first-order valence-corrected chi connectivity index (χ1v) is 10.1. The molecule has 0 N–H and O–H groups in total. The predicted octanol–water partition coefficient (Wildman–Crippen LogP) is 4.38. The van der Waals surface area contributed by atoms with E-state index in [0.29, 0.717) is 28.9 Å². The summed E-state index contributed by atoms with van der Waals surface area (Å²) in [5.41, 5.74) is 2.08. The van der Waals surface area contributed by atoms with Gasteiger partial charge in [-0.25, -0.2) is 18.7 Å². The van der Waals surface area contributed by atoms with Crippen molar-refractivity contribution >= 4 is 33.2 Å². The van der Waals surface area contributed by atoms with Crippen molar-refractivity contribution in [1.82, 2.24) is 14.4 Å². The van der Waals surface area contributed by atoms with E-state index in [2.05, 4.69) is 43.6 Å². The van der Waals surface area contributed by atoms with Crippen molar-refractivity contribution < 1.29 is 13.5 Å². The van der Waals surface area contributed by atoms with Crippen molar-refractivity contribution in [2.75, 3.05) is 6.61 Å². The molecule has 4 nitrogen and oxygen atoms in total. The van der Waals surface area contributed by atoms with Gasteiger partial charge in [-0.3, -0.25) is 4.40 Å². The summed E-state index contributed by atoms with van der Waals surface area (Å²) in [7, 11) is 6.77. The average molecular weight is 437 g/mol. The Hall–Kier alpha value is -1.65. The van der Waals surface area contributed by atoms with Gasteiger partial charge in [-0.1, -0.05) is 38.4 Å². The van der Waals surface area contributed by atoms with E-state index in [1.54, 1.807) is 22.7 Å². The highest BCUT2D eigenvalue weighted by Gasteiger charge is 2.27. The molecule has 3 heterocycles. The smallest absolute Gasteiger partial charge is 0.250 e. The van der Waals surface area contributed by atoms with Crippen molar-refractivity contribution in [3.05, 3.63) is 47.9 Å². The lowest BCUT2D eigenvalue weighted by Gasteiger charge is -2.18. The summed E-state index contributed by atoms with van der Waals surface area (Å²) in [4.78, 5) is 8.28. The van der Waals surface area contributed by atoms with E-state index < -0.39 is 11.0 Å². The normalized spacial score (nSPS) is 12.2. The van der Waals surface area contributed by atoms with E-state index in [4.69, 9.17) is 11.2 Å². The molecule has 3 aromatic rings. The molecule has 3 aromatic heterocycles. The number of terminal acetylenes is 1. The van der Waals surface area contributed by atoms with Crippen LogP contribution < -0.4 is 4.74 Å². The predicted molar refractivity (Wildman–Crippen MR) is 118 cm³/mol. The number of imidazole rings is 1. The van der Waals surface area contributed by atoms with Crippen molar-refractivity contribution in [2.24, 2.45) is 0 Å². The van der Waals surface area contributed by atoms with Gasteiger partial charge in [0.2, 0.25) is 5.88 Å². The standard InChI is InChI=1S/C19H20F2N3OP3/c1-4-14-15-6-5-11(9-24(15)17(23-14)19(21,27)28)12-7-13(20)16(22-8-12)25-10-18(2,3)26/h1,5-9H,10,26-28H2,2-3H3. The number of pyridine rings is 2. The van der Waals surface area contributed by atoms with Crippen molar-refractivity contribution in [3.63, 3.8) is 0 Å². The Morgan fingerprint density at radius 2 is 1.96 bits per heavy atom. The van der Waals surface area contributed by atoms with Gasteiger partial charge in [0.05, 0.1) is 12.1 Å². The van der Waals surface area contributed by atoms with E-state index in [1.165, 1.54) is 12.3 Å². The lowest BCUT2D eigenvalue weighted by molar-refractivity contribution is 0.263. The van der Waals surface area contributed by atoms with Crippen LogP contribution >= 0.6 is 27.7 Å². The molecule has 0 saturated heterocycles. The van der Waals surface area contributed by atoms with Crippen LogP contribution in [-0.2, 0) is 5.15 Å². The summed E-state index contributed by atoms with van der Waals surface area (Å²) in [5, 5.41) is -2.05. The van der Waals surface area contributed by atoms with Crippen LogP contribution in [0, 0.1) is 18.2 Å². The minimum atomic E-state index is -1.86. The van der Waals surface area contributed by atoms with E-state index in [-0.39, 0.29) is 16.9 Å². The van der Waals surface area contributed by atoms with Crippen LogP contribution in [-0.4, -0.2) is 26.1 Å². The van der Waals surface area contributed by atoms with E-state index >= 15 is 0 Å². The largest absolute Gasteiger partial charge is 0.475 e. The number of alkyl halides is 1. The first kappa shape index (κ1) is 21.1. The number of hydrogen-bond acceptors (Lipinski definition) is 3. The second-order valence-electron chi connectivity index (χ2n) is 7.16. The molecule has 0 spiro atoms. The SMILES string of the molecule is C#Cc1nc(C(F)(P)P)n2cc(-c3cnc(OCC(C)(C)P)c(F)c3)ccc12. The second-order valence-corrected chi connectivity index (χ2v) is 11.1. The maximum absolute atomic E-state index is 14.5. The molecule has 0 aliphatic carbocycles. The Morgan fingerprint density at radius 1 is 1.25 bits per heavy atom. The third-order valence-corrected chi connectivity index (χ3v) is 4.52. The molecule has 0 radical (unpaired) electrons. The molecule has 3 rings (SSSR count). The molecule has 3 unspecified atom stereocenters. The molecule has 0 aromatic carbocycles. The number of fused-ring (bicyclic) bond motifs is 1. The molecule has 0 aliphatic heterocycles. The zero-order valence-corrected chi connectivity index (χ0v) is 18.9. The highest BCUT2D eigenvalue weighted by Crippen LogP contribution is 2.40. The fourth-order valence-electron chi connectivity index (χ4n) is 2.58. The second kappa shape index (κ2) is 7.64. The Kier molecular flexibility index (Phi) is 5.75. The fraction of sp³-hybridized carbons (Fsp3) is 0.263. The number of rotatable bonds is 5. The summed E-state index contributed by atoms with van der Waals surface area (Å²) in [5.74, 6) is 1.94. The maximum Gasteiger partial charge on any atom is 0.250 e. The van der Waals surface area contributed by atoms with Gasteiger partial charge in [0.1, 0.15) is 5.69 Å². The highest BCUT2D eigenvalue weighted by atomic mass is 31.1. The molecule has 3 atom stereocenters. The van der Waals surface area contributed by atoms with Gasteiger partial charge in [0, 0.05) is 28.7 Å². The molecule has 0 bridgehead atoms. The highest BCUT2D eigenvalue weighted by molar-refractivity contribution is 7.38. The number of halogens is 2. The van der Waals surface area contributed by atoms with Crippen LogP contribution in [0.15, 0.2) is 30.6 Å². The zero-order chi connectivity index (χ0) is 20.7. The van der Waals surface area contributed by atoms with Crippen molar-refractivity contribution in [1.29, 1.82) is 0 Å². The molecule has 9 heteroatoms. The van der Waals surface area contributed by atoms with Gasteiger partial charge < -0.3 is 4.74 Å². The number of nitrogens with zero attached hydrogens (tertiary/aromatic N) is 3. The molecular weight excluding hydrogens is 417 g/mol. The van der Waals surface area contributed by atoms with E-state index in [9.17, 15) is 8.78 Å². The van der Waals surface area contributed by atoms with Crippen LogP contribution in [0.3, 0.4) is 0 Å². The molecule has 0 aliphatic rings. The van der Waals surface area contributed by atoms with Gasteiger partial charge in [0.15, 0.2) is 16.8 Å². The van der Waals surface area contributed by atoms with Crippen LogP contribution in [0.5, 0.6) is 5.88 Å². The third-order valence-electron chi connectivity index (χ3n) is 3.84. The van der Waals surface area contributed by atoms with E-state index in [1.807, 2.05) is 13.8 Å². The molecule has 28 heavy (non-hydrogen) atoms. The number of aromatic nitrogens is 3. The zero-order valence-electron chi connectivity index (χ0n) is 15.4. The Morgan fingerprint density at radius 3 is 2.54 bits per heavy atom. The minimum Gasteiger partial charge on any atom is -0.475 e. The molecular formula is C19H20F2N3OP3. The first-order valence-electron chi connectivity index (χ1n) is 8.33. The molecule has 146 valence electrons. The lowest BCUT2D eigenvalue weighted by atomic mass is 10.1. The van der Waals surface area contributed by atoms with Crippen molar-refractivity contribution in [3.8, 4) is 29.4 Å². The lowest BCUT2D eigenvalue weighted by Crippen LogP contribution is -2.21. The molecule has 0 fully saturated rings. The van der Waals surface area contributed by atoms with Gasteiger partial charge in [0.25, 0.3) is 0 Å². The topological polar surface area (TPSA) is 39.4 Å². The minimum absolute atomic E-state index is 0.0593. The van der Waals surface area contributed by atoms with Crippen LogP contribution in [0.2, 0.25) is 0 Å². The summed E-state index contributed by atoms with van der Waals surface area (Å²) in [6, 6.07) is 4.82. The third kappa shape index (κ3) is 4.49. The van der Waals surface area contributed by atoms with Crippen molar-refractivity contribution in [2.45, 2.75) is 24.2 Å². The Bertz CT molecular complexity index is 1080. The Labute approximate surface area is 169 Å². The van der Waals surface area contributed by atoms with Crippen LogP contribution in [0.1, 0.15) is 25.4 Å². The summed E-state index contributed by atoms with van der Waals surface area (Å²) in [6.07, 6.45) is 8.65.